The second-order valence-corrected chi connectivity index (χ2v) is 7.95. The zero-order valence-corrected chi connectivity index (χ0v) is 19.1. The zero-order chi connectivity index (χ0) is 22.1. The number of unbranched alkanes of at least 4 members (excludes halogenated alkanes) is 1. The van der Waals surface area contributed by atoms with E-state index in [0.29, 0.717) is 27.9 Å². The van der Waals surface area contributed by atoms with Crippen LogP contribution in [0.25, 0.3) is 0 Å². The highest BCUT2D eigenvalue weighted by atomic mass is 35.5. The Morgan fingerprint density at radius 3 is 2.60 bits per heavy atom. The van der Waals surface area contributed by atoms with Crippen LogP contribution in [0.15, 0.2) is 42.5 Å². The molecular weight excluding hydrogens is 423 g/mol. The van der Waals surface area contributed by atoms with Crippen LogP contribution in [0, 0.1) is 0 Å². The largest absolute Gasteiger partial charge is 0.497 e. The molecule has 30 heavy (non-hydrogen) atoms. The number of nitrogens with one attached hydrogen (secondary N) is 1. The molecule has 1 unspecified atom stereocenters. The standard InChI is InChI=1S/C23H28Cl2N2O3/c1-4-5-11-26-23(29)16(2)27(15-17-7-6-8-20(12-17)30-3)22(28)13-18-9-10-19(24)14-21(18)25/h6-10,12,14,16H,4-5,11,13,15H2,1-3H3,(H,26,29). The molecule has 0 saturated carbocycles. The molecule has 1 N–H and O–H groups in total. The lowest BCUT2D eigenvalue weighted by Gasteiger charge is -2.29. The zero-order valence-electron chi connectivity index (χ0n) is 17.6. The van der Waals surface area contributed by atoms with E-state index in [9.17, 15) is 9.59 Å². The van der Waals surface area contributed by atoms with Gasteiger partial charge < -0.3 is 15.0 Å². The molecule has 7 heteroatoms. The van der Waals surface area contributed by atoms with Gasteiger partial charge in [0.2, 0.25) is 11.8 Å². The molecule has 2 aromatic rings. The number of carbonyl (C=O) groups is 2. The minimum absolute atomic E-state index is 0.0759. The smallest absolute Gasteiger partial charge is 0.242 e. The molecule has 2 aromatic carbocycles. The van der Waals surface area contributed by atoms with Gasteiger partial charge in [0.1, 0.15) is 11.8 Å². The highest BCUT2D eigenvalue weighted by Crippen LogP contribution is 2.23. The molecular formula is C23H28Cl2N2O3. The maximum Gasteiger partial charge on any atom is 0.242 e. The summed E-state index contributed by atoms with van der Waals surface area (Å²) in [5.74, 6) is 0.322. The summed E-state index contributed by atoms with van der Waals surface area (Å²) in [6.45, 7) is 4.67. The lowest BCUT2D eigenvalue weighted by Crippen LogP contribution is -2.48. The van der Waals surface area contributed by atoms with Crippen molar-refractivity contribution in [2.45, 2.75) is 45.7 Å². The fraction of sp³-hybridized carbons (Fsp3) is 0.391. The summed E-state index contributed by atoms with van der Waals surface area (Å²) in [4.78, 5) is 27.4. The van der Waals surface area contributed by atoms with Crippen molar-refractivity contribution in [2.75, 3.05) is 13.7 Å². The van der Waals surface area contributed by atoms with Crippen molar-refractivity contribution in [3.05, 3.63) is 63.6 Å². The van der Waals surface area contributed by atoms with Gasteiger partial charge in [-0.1, -0.05) is 54.7 Å². The SMILES string of the molecule is CCCCNC(=O)C(C)N(Cc1cccc(OC)c1)C(=O)Cc1ccc(Cl)cc1Cl. The van der Waals surface area contributed by atoms with E-state index in [1.165, 1.54) is 0 Å². The molecule has 1 atom stereocenters. The number of hydrogen-bond acceptors (Lipinski definition) is 3. The van der Waals surface area contributed by atoms with Crippen molar-refractivity contribution in [3.63, 3.8) is 0 Å². The van der Waals surface area contributed by atoms with E-state index in [1.807, 2.05) is 24.3 Å². The summed E-state index contributed by atoms with van der Waals surface area (Å²) in [6, 6.07) is 11.9. The van der Waals surface area contributed by atoms with Crippen molar-refractivity contribution in [1.82, 2.24) is 10.2 Å². The minimum atomic E-state index is -0.633. The Labute approximate surface area is 188 Å². The Morgan fingerprint density at radius 2 is 1.93 bits per heavy atom. The lowest BCUT2D eigenvalue weighted by molar-refractivity contribution is -0.140. The molecule has 0 aliphatic carbocycles. The number of benzene rings is 2. The van der Waals surface area contributed by atoms with E-state index >= 15 is 0 Å². The van der Waals surface area contributed by atoms with Crippen LogP contribution in [-0.2, 0) is 22.6 Å². The molecule has 0 aromatic heterocycles. The molecule has 0 saturated heterocycles. The highest BCUT2D eigenvalue weighted by Gasteiger charge is 2.26. The van der Waals surface area contributed by atoms with E-state index < -0.39 is 6.04 Å². The van der Waals surface area contributed by atoms with E-state index in [-0.39, 0.29) is 24.8 Å². The third kappa shape index (κ3) is 6.92. The second-order valence-electron chi connectivity index (χ2n) is 7.11. The van der Waals surface area contributed by atoms with E-state index in [0.717, 1.165) is 18.4 Å². The first-order chi connectivity index (χ1) is 14.3. The summed E-state index contributed by atoms with van der Waals surface area (Å²) in [7, 11) is 1.59. The predicted molar refractivity (Wildman–Crippen MR) is 121 cm³/mol. The summed E-state index contributed by atoms with van der Waals surface area (Å²) in [6.07, 6.45) is 1.95. The molecule has 0 bridgehead atoms. The Balaban J connectivity index is 2.24. The van der Waals surface area contributed by atoms with Gasteiger partial charge >= 0.3 is 0 Å². The van der Waals surface area contributed by atoms with Crippen LogP contribution >= 0.6 is 23.2 Å². The van der Waals surface area contributed by atoms with Crippen molar-refractivity contribution < 1.29 is 14.3 Å². The summed E-state index contributed by atoms with van der Waals surface area (Å²) < 4.78 is 5.28. The summed E-state index contributed by atoms with van der Waals surface area (Å²) in [5.41, 5.74) is 1.54. The molecule has 162 valence electrons. The van der Waals surface area contributed by atoms with Crippen LogP contribution in [0.4, 0.5) is 0 Å². The van der Waals surface area contributed by atoms with Gasteiger partial charge in [0.15, 0.2) is 0 Å². The first kappa shape index (κ1) is 24.0. The average Bonchev–Trinajstić information content (AvgIpc) is 2.73. The first-order valence-corrected chi connectivity index (χ1v) is 10.7. The molecule has 2 rings (SSSR count). The Bertz CT molecular complexity index is 873. The maximum absolute atomic E-state index is 13.2. The molecule has 0 aliphatic heterocycles. The van der Waals surface area contributed by atoms with Crippen LogP contribution in [0.2, 0.25) is 10.0 Å². The number of rotatable bonds is 10. The molecule has 2 amide bonds. The Kier molecular flexibility index (Phi) is 9.47. The Morgan fingerprint density at radius 1 is 1.17 bits per heavy atom. The van der Waals surface area contributed by atoms with E-state index in [2.05, 4.69) is 12.2 Å². The minimum Gasteiger partial charge on any atom is -0.497 e. The fourth-order valence-electron chi connectivity index (χ4n) is 3.02. The highest BCUT2D eigenvalue weighted by molar-refractivity contribution is 6.35. The van der Waals surface area contributed by atoms with Gasteiger partial charge in [0.05, 0.1) is 13.5 Å². The van der Waals surface area contributed by atoms with Gasteiger partial charge in [-0.05, 0) is 48.7 Å². The van der Waals surface area contributed by atoms with Crippen LogP contribution in [0.1, 0.15) is 37.8 Å². The van der Waals surface area contributed by atoms with E-state index in [1.54, 1.807) is 37.1 Å². The molecule has 5 nitrogen and oxygen atoms in total. The average molecular weight is 451 g/mol. The third-order valence-electron chi connectivity index (χ3n) is 4.84. The summed E-state index contributed by atoms with van der Waals surface area (Å²) >= 11 is 12.2. The number of amides is 2. The molecule has 0 fully saturated rings. The number of hydrogen-bond donors (Lipinski definition) is 1. The summed E-state index contributed by atoms with van der Waals surface area (Å²) in [5, 5.41) is 3.84. The third-order valence-corrected chi connectivity index (χ3v) is 5.43. The molecule has 0 spiro atoms. The normalized spacial score (nSPS) is 11.6. The van der Waals surface area contributed by atoms with Gasteiger partial charge in [0, 0.05) is 23.1 Å². The predicted octanol–water partition coefficient (Wildman–Crippen LogP) is 4.88. The van der Waals surface area contributed by atoms with Gasteiger partial charge in [-0.3, -0.25) is 9.59 Å². The van der Waals surface area contributed by atoms with Crippen LogP contribution in [-0.4, -0.2) is 36.4 Å². The number of ether oxygens (including phenoxy) is 1. The number of halogens is 2. The van der Waals surface area contributed by atoms with Gasteiger partial charge in [0.25, 0.3) is 0 Å². The number of methoxy groups -OCH3 is 1. The van der Waals surface area contributed by atoms with Crippen LogP contribution < -0.4 is 10.1 Å². The quantitative estimate of drug-likeness (QED) is 0.524. The fourth-order valence-corrected chi connectivity index (χ4v) is 3.49. The van der Waals surface area contributed by atoms with Crippen molar-refractivity contribution >= 4 is 35.0 Å². The first-order valence-electron chi connectivity index (χ1n) is 9.99. The van der Waals surface area contributed by atoms with Crippen LogP contribution in [0.3, 0.4) is 0 Å². The van der Waals surface area contributed by atoms with Gasteiger partial charge in [-0.15, -0.1) is 0 Å². The van der Waals surface area contributed by atoms with Crippen LogP contribution in [0.5, 0.6) is 5.75 Å². The molecule has 0 radical (unpaired) electrons. The number of carbonyl (C=O) groups excluding carboxylic acids is 2. The molecule has 0 heterocycles. The second kappa shape index (κ2) is 11.8. The topological polar surface area (TPSA) is 58.6 Å². The maximum atomic E-state index is 13.2. The lowest BCUT2D eigenvalue weighted by atomic mass is 10.1. The van der Waals surface area contributed by atoms with Gasteiger partial charge in [-0.25, -0.2) is 0 Å². The molecule has 0 aliphatic rings. The van der Waals surface area contributed by atoms with Gasteiger partial charge in [-0.2, -0.15) is 0 Å². The Hall–Kier alpha value is -2.24. The van der Waals surface area contributed by atoms with Crippen molar-refractivity contribution in [3.8, 4) is 5.75 Å². The van der Waals surface area contributed by atoms with E-state index in [4.69, 9.17) is 27.9 Å². The van der Waals surface area contributed by atoms with Crippen molar-refractivity contribution in [2.24, 2.45) is 0 Å². The number of nitrogens with zero attached hydrogens (tertiary/aromatic N) is 1. The van der Waals surface area contributed by atoms with Crippen molar-refractivity contribution in [1.29, 1.82) is 0 Å². The monoisotopic (exact) mass is 450 g/mol.